The molecule has 0 rings (SSSR count). The van der Waals surface area contributed by atoms with Gasteiger partial charge in [0, 0.05) is 19.3 Å². The number of carbonyl (C=O) groups excluding carboxylic acids is 3. The van der Waals surface area contributed by atoms with Crippen molar-refractivity contribution in [1.82, 2.24) is 0 Å². The number of hydrogen-bond donors (Lipinski definition) is 0. The van der Waals surface area contributed by atoms with Crippen molar-refractivity contribution in [2.24, 2.45) is 0 Å². The summed E-state index contributed by atoms with van der Waals surface area (Å²) in [6, 6.07) is 0. The Kier molecular flexibility index (Phi) is 42.9. The van der Waals surface area contributed by atoms with E-state index in [1.165, 1.54) is 154 Å². The van der Waals surface area contributed by atoms with Crippen molar-refractivity contribution in [2.45, 2.75) is 258 Å². The van der Waals surface area contributed by atoms with E-state index in [1.54, 1.807) is 0 Å². The number of unbranched alkanes of at least 4 members (excludes halogenated alkanes) is 28. The molecule has 322 valence electrons. The predicted octanol–water partition coefficient (Wildman–Crippen LogP) is 15.2. The average Bonchev–Trinajstić information content (AvgIpc) is 3.18. The van der Waals surface area contributed by atoms with E-state index in [0.29, 0.717) is 19.3 Å². The maximum atomic E-state index is 12.7. The Balaban J connectivity index is 4.40. The van der Waals surface area contributed by atoms with Gasteiger partial charge < -0.3 is 14.2 Å². The van der Waals surface area contributed by atoms with Crippen LogP contribution >= 0.6 is 0 Å². The Morgan fingerprint density at radius 3 is 1.07 bits per heavy atom. The first-order chi connectivity index (χ1) is 27.0. The highest BCUT2D eigenvalue weighted by atomic mass is 16.6. The first-order valence-corrected chi connectivity index (χ1v) is 23.8. The molecule has 0 N–H and O–H groups in total. The maximum Gasteiger partial charge on any atom is 0.306 e. The summed E-state index contributed by atoms with van der Waals surface area (Å²) in [5, 5.41) is 0. The lowest BCUT2D eigenvalue weighted by molar-refractivity contribution is -0.166. The van der Waals surface area contributed by atoms with Crippen LogP contribution in [0.4, 0.5) is 0 Å². The fraction of sp³-hybridized carbons (Fsp3) is 0.857. The Morgan fingerprint density at radius 2 is 0.691 bits per heavy atom. The summed E-state index contributed by atoms with van der Waals surface area (Å²) in [5.74, 6) is -0.951. The lowest BCUT2D eigenvalue weighted by Crippen LogP contribution is -2.30. The van der Waals surface area contributed by atoms with Gasteiger partial charge in [0.2, 0.25) is 0 Å². The highest BCUT2D eigenvalue weighted by molar-refractivity contribution is 5.71. The van der Waals surface area contributed by atoms with E-state index in [4.69, 9.17) is 14.2 Å². The second kappa shape index (κ2) is 44.6. The first-order valence-electron chi connectivity index (χ1n) is 23.8. The number of allylic oxidation sites excluding steroid dienone is 4. The molecule has 6 nitrogen and oxygen atoms in total. The molecule has 0 fully saturated rings. The third-order valence-corrected chi connectivity index (χ3v) is 10.5. The van der Waals surface area contributed by atoms with Gasteiger partial charge >= 0.3 is 17.9 Å². The van der Waals surface area contributed by atoms with Crippen LogP contribution in [0.25, 0.3) is 0 Å². The van der Waals surface area contributed by atoms with Gasteiger partial charge in [0.05, 0.1) is 0 Å². The standard InChI is InChI=1S/C49H90O6/c1-4-7-10-13-16-19-22-24-26-27-30-33-36-39-42-48(51)54-45-46(44-53-47(50)41-38-35-32-29-21-18-15-12-9-6-3)55-49(52)43-40-37-34-31-28-25-23-20-17-14-11-8-5-2/h25,28,34,37,46H,4-24,26-27,29-33,35-36,38-45H2,1-3H3/b28-25-,37-34-. The smallest absolute Gasteiger partial charge is 0.306 e. The normalized spacial score (nSPS) is 12.1. The molecule has 0 bridgehead atoms. The number of esters is 3. The molecule has 0 radical (unpaired) electrons. The topological polar surface area (TPSA) is 78.9 Å². The van der Waals surface area contributed by atoms with Crippen LogP contribution in [-0.4, -0.2) is 37.2 Å². The summed E-state index contributed by atoms with van der Waals surface area (Å²) in [6.45, 7) is 6.58. The van der Waals surface area contributed by atoms with Crippen molar-refractivity contribution in [3.05, 3.63) is 24.3 Å². The molecule has 0 aromatic rings. The molecular formula is C49H90O6. The Bertz CT molecular complexity index is 896. The van der Waals surface area contributed by atoms with Crippen LogP contribution in [0, 0.1) is 0 Å². The Hall–Kier alpha value is -2.11. The molecule has 1 unspecified atom stereocenters. The second-order valence-electron chi connectivity index (χ2n) is 16.0. The summed E-state index contributed by atoms with van der Waals surface area (Å²) in [4.78, 5) is 37.7. The minimum atomic E-state index is -0.793. The van der Waals surface area contributed by atoms with Gasteiger partial charge in [-0.3, -0.25) is 14.4 Å². The third kappa shape index (κ3) is 42.9. The van der Waals surface area contributed by atoms with E-state index in [-0.39, 0.29) is 37.5 Å². The highest BCUT2D eigenvalue weighted by Crippen LogP contribution is 2.15. The van der Waals surface area contributed by atoms with Gasteiger partial charge in [-0.25, -0.2) is 0 Å². The van der Waals surface area contributed by atoms with E-state index >= 15 is 0 Å². The van der Waals surface area contributed by atoms with Crippen LogP contribution in [0.3, 0.4) is 0 Å². The molecule has 0 spiro atoms. The van der Waals surface area contributed by atoms with Crippen LogP contribution in [0.5, 0.6) is 0 Å². The zero-order chi connectivity index (χ0) is 40.1. The van der Waals surface area contributed by atoms with E-state index in [9.17, 15) is 14.4 Å². The average molecular weight is 775 g/mol. The number of rotatable bonds is 43. The molecule has 0 aromatic heterocycles. The summed E-state index contributed by atoms with van der Waals surface area (Å²) in [5.41, 5.74) is 0. The summed E-state index contributed by atoms with van der Waals surface area (Å²) in [6.07, 6.45) is 48.8. The fourth-order valence-corrected chi connectivity index (χ4v) is 6.85. The summed E-state index contributed by atoms with van der Waals surface area (Å²) in [7, 11) is 0. The molecule has 0 heterocycles. The highest BCUT2D eigenvalue weighted by Gasteiger charge is 2.19. The second-order valence-corrected chi connectivity index (χ2v) is 16.0. The molecule has 0 saturated carbocycles. The monoisotopic (exact) mass is 775 g/mol. The molecule has 0 aliphatic heterocycles. The van der Waals surface area contributed by atoms with Crippen LogP contribution in [0.15, 0.2) is 24.3 Å². The van der Waals surface area contributed by atoms with Gasteiger partial charge in [-0.15, -0.1) is 0 Å². The Morgan fingerprint density at radius 1 is 0.364 bits per heavy atom. The molecule has 0 aromatic carbocycles. The van der Waals surface area contributed by atoms with Crippen LogP contribution in [0.1, 0.15) is 252 Å². The predicted molar refractivity (Wildman–Crippen MR) is 233 cm³/mol. The van der Waals surface area contributed by atoms with Gasteiger partial charge in [0.1, 0.15) is 13.2 Å². The van der Waals surface area contributed by atoms with E-state index < -0.39 is 6.10 Å². The molecule has 55 heavy (non-hydrogen) atoms. The lowest BCUT2D eigenvalue weighted by atomic mass is 10.0. The minimum Gasteiger partial charge on any atom is -0.462 e. The quantitative estimate of drug-likeness (QED) is 0.0266. The molecule has 0 aliphatic carbocycles. The van der Waals surface area contributed by atoms with E-state index in [1.807, 2.05) is 6.08 Å². The van der Waals surface area contributed by atoms with Crippen LogP contribution < -0.4 is 0 Å². The lowest BCUT2D eigenvalue weighted by Gasteiger charge is -2.18. The SMILES string of the molecule is CCCCCCCC/C=C\C/C=C\CCC(=O)OC(COC(=O)CCCCCCCCCCCC)COC(=O)CCCCCCCCCCCCCCCC. The minimum absolute atomic E-state index is 0.0893. The van der Waals surface area contributed by atoms with Gasteiger partial charge in [0.25, 0.3) is 0 Å². The van der Waals surface area contributed by atoms with Crippen molar-refractivity contribution in [3.8, 4) is 0 Å². The molecule has 1 atom stereocenters. The molecule has 0 amide bonds. The maximum absolute atomic E-state index is 12.7. The molecule has 0 aliphatic rings. The first kappa shape index (κ1) is 52.9. The van der Waals surface area contributed by atoms with Crippen LogP contribution in [-0.2, 0) is 28.6 Å². The fourth-order valence-electron chi connectivity index (χ4n) is 6.85. The van der Waals surface area contributed by atoms with Crippen molar-refractivity contribution in [3.63, 3.8) is 0 Å². The Labute approximate surface area is 341 Å². The summed E-state index contributed by atoms with van der Waals surface area (Å²) >= 11 is 0. The number of carbonyl (C=O) groups is 3. The van der Waals surface area contributed by atoms with Crippen LogP contribution in [0.2, 0.25) is 0 Å². The number of hydrogen-bond acceptors (Lipinski definition) is 6. The van der Waals surface area contributed by atoms with Crippen molar-refractivity contribution in [2.75, 3.05) is 13.2 Å². The van der Waals surface area contributed by atoms with Gasteiger partial charge in [-0.05, 0) is 38.5 Å². The molecule has 0 saturated heterocycles. The van der Waals surface area contributed by atoms with Crippen molar-refractivity contribution >= 4 is 17.9 Å². The van der Waals surface area contributed by atoms with E-state index in [2.05, 4.69) is 39.0 Å². The van der Waals surface area contributed by atoms with Gasteiger partial charge in [0.15, 0.2) is 6.10 Å². The van der Waals surface area contributed by atoms with Gasteiger partial charge in [-0.1, -0.05) is 218 Å². The molecular weight excluding hydrogens is 685 g/mol. The van der Waals surface area contributed by atoms with Crippen molar-refractivity contribution in [1.29, 1.82) is 0 Å². The number of ether oxygens (including phenoxy) is 3. The third-order valence-electron chi connectivity index (χ3n) is 10.5. The zero-order valence-electron chi connectivity index (χ0n) is 36.7. The summed E-state index contributed by atoms with van der Waals surface area (Å²) < 4.78 is 16.7. The van der Waals surface area contributed by atoms with E-state index in [0.717, 1.165) is 51.4 Å². The zero-order valence-corrected chi connectivity index (χ0v) is 36.7. The van der Waals surface area contributed by atoms with Crippen molar-refractivity contribution < 1.29 is 28.6 Å². The largest absolute Gasteiger partial charge is 0.462 e. The van der Waals surface area contributed by atoms with Gasteiger partial charge in [-0.2, -0.15) is 0 Å². The molecule has 6 heteroatoms.